The molecule has 4 heterocycles. The van der Waals surface area contributed by atoms with Crippen LogP contribution >= 0.6 is 11.8 Å². The van der Waals surface area contributed by atoms with Crippen LogP contribution in [0.5, 0.6) is 0 Å². The van der Waals surface area contributed by atoms with E-state index in [0.29, 0.717) is 5.92 Å². The molecule has 6 heteroatoms. The monoisotopic (exact) mass is 441 g/mol. The van der Waals surface area contributed by atoms with Gasteiger partial charge in [-0.3, -0.25) is 9.98 Å². The van der Waals surface area contributed by atoms with E-state index in [9.17, 15) is 0 Å². The number of fused-ring (bicyclic) bond motifs is 1. The molecule has 1 fully saturated rings. The molecular formula is C26H27N5S. The van der Waals surface area contributed by atoms with Crippen LogP contribution in [-0.4, -0.2) is 46.5 Å². The summed E-state index contributed by atoms with van der Waals surface area (Å²) in [7, 11) is 2.20. The Balaban J connectivity index is 1.33. The van der Waals surface area contributed by atoms with Crippen LogP contribution in [0.15, 0.2) is 83.4 Å². The highest BCUT2D eigenvalue weighted by Gasteiger charge is 2.23. The van der Waals surface area contributed by atoms with Crippen molar-refractivity contribution in [2.24, 2.45) is 10.9 Å². The van der Waals surface area contributed by atoms with Crippen molar-refractivity contribution in [3.8, 4) is 11.1 Å². The summed E-state index contributed by atoms with van der Waals surface area (Å²) in [4.78, 5) is 16.2. The fourth-order valence-electron chi connectivity index (χ4n) is 4.25. The minimum atomic E-state index is 0.583. The van der Waals surface area contributed by atoms with Gasteiger partial charge in [0.25, 0.3) is 0 Å². The summed E-state index contributed by atoms with van der Waals surface area (Å²) in [6.45, 7) is 6.55. The van der Waals surface area contributed by atoms with E-state index in [0.717, 1.165) is 58.0 Å². The summed E-state index contributed by atoms with van der Waals surface area (Å²) in [6.07, 6.45) is 7.95. The first-order valence-electron chi connectivity index (χ1n) is 11.0. The van der Waals surface area contributed by atoms with E-state index in [2.05, 4.69) is 69.6 Å². The molecule has 2 aliphatic heterocycles. The van der Waals surface area contributed by atoms with Gasteiger partial charge >= 0.3 is 0 Å². The molecule has 0 radical (unpaired) electrons. The number of piperidine rings is 1. The zero-order valence-electron chi connectivity index (χ0n) is 18.3. The lowest BCUT2D eigenvalue weighted by molar-refractivity contribution is 0.252. The first kappa shape index (κ1) is 20.9. The van der Waals surface area contributed by atoms with Crippen LogP contribution in [0.3, 0.4) is 0 Å². The summed E-state index contributed by atoms with van der Waals surface area (Å²) in [6, 6.07) is 12.5. The maximum Gasteiger partial charge on any atom is 0.130 e. The van der Waals surface area contributed by atoms with E-state index in [4.69, 9.17) is 4.99 Å². The first-order chi connectivity index (χ1) is 15.7. The molecule has 3 aromatic rings. The second-order valence-electron chi connectivity index (χ2n) is 8.47. The second-order valence-corrected chi connectivity index (χ2v) is 9.33. The van der Waals surface area contributed by atoms with Crippen molar-refractivity contribution in [2.75, 3.05) is 31.2 Å². The maximum absolute atomic E-state index is 4.98. The maximum atomic E-state index is 4.98. The first-order valence-corrected chi connectivity index (χ1v) is 12.0. The Morgan fingerprint density at radius 1 is 1.09 bits per heavy atom. The Morgan fingerprint density at radius 2 is 1.97 bits per heavy atom. The highest BCUT2D eigenvalue weighted by molar-refractivity contribution is 8.02. The molecule has 32 heavy (non-hydrogen) atoms. The summed E-state index contributed by atoms with van der Waals surface area (Å²) in [5, 5.41) is 7.71. The number of nitrogens with zero attached hydrogens (tertiary/aromatic N) is 4. The Kier molecular flexibility index (Phi) is 6.06. The smallest absolute Gasteiger partial charge is 0.130 e. The second kappa shape index (κ2) is 9.27. The number of thioether (sulfide) groups is 1. The topological polar surface area (TPSA) is 53.4 Å². The number of hydrogen-bond acceptors (Lipinski definition) is 6. The van der Waals surface area contributed by atoms with Crippen molar-refractivity contribution in [3.05, 3.63) is 78.4 Å². The largest absolute Gasteiger partial charge is 0.339 e. The fraction of sp³-hybridized carbons (Fsp3) is 0.269. The number of pyridine rings is 2. The molecule has 2 aromatic heterocycles. The van der Waals surface area contributed by atoms with Crippen LogP contribution in [0.1, 0.15) is 12.8 Å². The Labute approximate surface area is 193 Å². The number of aliphatic imine (C=N–C) groups is 1. The van der Waals surface area contributed by atoms with Crippen molar-refractivity contribution in [3.63, 3.8) is 0 Å². The summed E-state index contributed by atoms with van der Waals surface area (Å²) >= 11 is 1.81. The van der Waals surface area contributed by atoms with Gasteiger partial charge in [0.15, 0.2) is 0 Å². The van der Waals surface area contributed by atoms with Crippen LogP contribution in [-0.2, 0) is 0 Å². The molecule has 1 N–H and O–H groups in total. The van der Waals surface area contributed by atoms with Crippen LogP contribution < -0.4 is 5.32 Å². The predicted molar refractivity (Wildman–Crippen MR) is 136 cm³/mol. The molecule has 1 aromatic carbocycles. The number of benzene rings is 1. The molecule has 1 saturated heterocycles. The minimum absolute atomic E-state index is 0.583. The van der Waals surface area contributed by atoms with E-state index < -0.39 is 0 Å². The van der Waals surface area contributed by atoms with Gasteiger partial charge < -0.3 is 10.2 Å². The van der Waals surface area contributed by atoms with Gasteiger partial charge in [-0.05, 0) is 67.5 Å². The van der Waals surface area contributed by atoms with Crippen molar-refractivity contribution < 1.29 is 0 Å². The summed E-state index contributed by atoms with van der Waals surface area (Å²) in [5.41, 5.74) is 5.25. The third kappa shape index (κ3) is 4.61. The zero-order valence-corrected chi connectivity index (χ0v) is 19.1. The van der Waals surface area contributed by atoms with Gasteiger partial charge in [-0.1, -0.05) is 24.8 Å². The van der Waals surface area contributed by atoms with Crippen LogP contribution in [0.4, 0.5) is 5.82 Å². The van der Waals surface area contributed by atoms with Crippen molar-refractivity contribution in [2.45, 2.75) is 12.8 Å². The van der Waals surface area contributed by atoms with Crippen molar-refractivity contribution >= 4 is 34.1 Å². The lowest BCUT2D eigenvalue weighted by Gasteiger charge is -2.30. The molecule has 0 saturated carbocycles. The number of hydrogen-bond donors (Lipinski definition) is 1. The van der Waals surface area contributed by atoms with Gasteiger partial charge in [0.1, 0.15) is 5.82 Å². The van der Waals surface area contributed by atoms with Gasteiger partial charge in [-0.15, -0.1) is 11.8 Å². The molecular weight excluding hydrogens is 414 g/mol. The molecule has 0 bridgehead atoms. The van der Waals surface area contributed by atoms with E-state index in [1.54, 1.807) is 6.20 Å². The van der Waals surface area contributed by atoms with Crippen molar-refractivity contribution in [1.82, 2.24) is 14.9 Å². The molecule has 0 spiro atoms. The average molecular weight is 442 g/mol. The average Bonchev–Trinajstić information content (AvgIpc) is 2.84. The zero-order chi connectivity index (χ0) is 21.9. The molecule has 5 rings (SSSR count). The quantitative estimate of drug-likeness (QED) is 0.559. The van der Waals surface area contributed by atoms with Crippen LogP contribution in [0.2, 0.25) is 0 Å². The SMILES string of the molecule is C=C(Nc1cc2cc(-c3cccnc3)ccc2cn1)C1=CSCC(C2CCN(C)CC2)=N1. The lowest BCUT2D eigenvalue weighted by Crippen LogP contribution is -2.34. The van der Waals surface area contributed by atoms with E-state index in [1.165, 1.54) is 18.6 Å². The van der Waals surface area contributed by atoms with Crippen LogP contribution in [0, 0.1) is 5.92 Å². The highest BCUT2D eigenvalue weighted by Crippen LogP contribution is 2.29. The molecule has 0 amide bonds. The van der Waals surface area contributed by atoms with Gasteiger partial charge in [0.2, 0.25) is 0 Å². The number of anilines is 1. The van der Waals surface area contributed by atoms with E-state index >= 15 is 0 Å². The molecule has 5 nitrogen and oxygen atoms in total. The summed E-state index contributed by atoms with van der Waals surface area (Å²) in [5.74, 6) is 2.34. The molecule has 162 valence electrons. The Bertz CT molecular complexity index is 1190. The number of aromatic nitrogens is 2. The van der Waals surface area contributed by atoms with Gasteiger partial charge in [0, 0.05) is 46.9 Å². The number of likely N-dealkylation sites (tertiary alicyclic amines) is 1. The van der Waals surface area contributed by atoms with E-state index in [1.807, 2.05) is 30.2 Å². The van der Waals surface area contributed by atoms with Gasteiger partial charge in [-0.2, -0.15) is 0 Å². The highest BCUT2D eigenvalue weighted by atomic mass is 32.2. The third-order valence-corrected chi connectivity index (χ3v) is 7.04. The van der Waals surface area contributed by atoms with E-state index in [-0.39, 0.29) is 0 Å². The number of rotatable bonds is 5. The number of nitrogens with one attached hydrogen (secondary N) is 1. The Hall–Kier alpha value is -2.96. The van der Waals surface area contributed by atoms with Gasteiger partial charge in [-0.25, -0.2) is 4.98 Å². The fourth-order valence-corrected chi connectivity index (χ4v) is 5.16. The van der Waals surface area contributed by atoms with Gasteiger partial charge in [0.05, 0.1) is 11.4 Å². The molecule has 0 unspecified atom stereocenters. The Morgan fingerprint density at radius 3 is 2.78 bits per heavy atom. The molecule has 0 aliphatic carbocycles. The standard InChI is InChI=1S/C26H27N5S/c1-18(24-16-32-17-25(30-24)19-7-10-31(2)11-8-19)29-26-13-23-12-20(5-6-22(23)15-28-26)21-4-3-9-27-14-21/h3-6,9,12-16,19H,1,7-8,10-11,17H2,2H3,(H,28,29). The van der Waals surface area contributed by atoms with Crippen LogP contribution in [0.25, 0.3) is 21.9 Å². The third-order valence-electron chi connectivity index (χ3n) is 6.18. The lowest BCUT2D eigenvalue weighted by atomic mass is 9.92. The molecule has 0 atom stereocenters. The summed E-state index contributed by atoms with van der Waals surface area (Å²) < 4.78 is 0. The predicted octanol–water partition coefficient (Wildman–Crippen LogP) is 5.59. The normalized spacial score (nSPS) is 17.7. The molecule has 2 aliphatic rings. The minimum Gasteiger partial charge on any atom is -0.339 e. The van der Waals surface area contributed by atoms with Crippen molar-refractivity contribution in [1.29, 1.82) is 0 Å².